The van der Waals surface area contributed by atoms with Gasteiger partial charge in [-0.1, -0.05) is 32.0 Å². The summed E-state index contributed by atoms with van der Waals surface area (Å²) in [5.41, 5.74) is 2.08. The number of hydrogen-bond acceptors (Lipinski definition) is 6. The van der Waals surface area contributed by atoms with Crippen LogP contribution in [0.2, 0.25) is 0 Å². The van der Waals surface area contributed by atoms with Crippen LogP contribution in [0.25, 0.3) is 11.1 Å². The number of benzene rings is 2. The van der Waals surface area contributed by atoms with Crippen LogP contribution in [0.3, 0.4) is 0 Å². The van der Waals surface area contributed by atoms with Crippen LogP contribution in [0, 0.1) is 17.2 Å². The quantitative estimate of drug-likeness (QED) is 0.674. The molecule has 0 spiro atoms. The van der Waals surface area contributed by atoms with Gasteiger partial charge < -0.3 is 14.7 Å². The third kappa shape index (κ3) is 5.25. The first-order chi connectivity index (χ1) is 16.1. The lowest BCUT2D eigenvalue weighted by atomic mass is 10.0. The Hall–Kier alpha value is -2.93. The Morgan fingerprint density at radius 3 is 2.50 bits per heavy atom. The molecule has 2 aromatic carbocycles. The second-order valence-electron chi connectivity index (χ2n) is 8.72. The molecular weight excluding hydrogens is 454 g/mol. The summed E-state index contributed by atoms with van der Waals surface area (Å²) >= 11 is 0. The van der Waals surface area contributed by atoms with Gasteiger partial charge in [0.15, 0.2) is 0 Å². The molecule has 1 amide bonds. The van der Waals surface area contributed by atoms with E-state index in [1.165, 1.54) is 10.4 Å². The van der Waals surface area contributed by atoms with Crippen molar-refractivity contribution in [2.75, 3.05) is 26.7 Å². The van der Waals surface area contributed by atoms with Gasteiger partial charge in [0.1, 0.15) is 16.7 Å². The number of nitriles is 1. The average molecular weight is 486 g/mol. The Bertz CT molecular complexity index is 1170. The van der Waals surface area contributed by atoms with E-state index < -0.39 is 22.2 Å². The van der Waals surface area contributed by atoms with Gasteiger partial charge >= 0.3 is 0 Å². The first-order valence-corrected chi connectivity index (χ1v) is 12.7. The molecule has 8 nitrogen and oxygen atoms in total. The Morgan fingerprint density at radius 2 is 1.91 bits per heavy atom. The van der Waals surface area contributed by atoms with Crippen molar-refractivity contribution in [3.05, 3.63) is 48.0 Å². The van der Waals surface area contributed by atoms with Gasteiger partial charge in [0, 0.05) is 32.0 Å². The lowest BCUT2D eigenvalue weighted by molar-refractivity contribution is -0.131. The molecule has 0 unspecified atom stereocenters. The standard InChI is InChI=1S/C25H31N3O5S/c1-5-25(30)27(4)15-23-17(2)14-28(18(3)16-29)34(31,32)24-11-10-21(12-22(24)33-23)20-8-6-19(13-26)7-9-20/h6-12,17-18,23,29H,5,14-16H2,1-4H3/t17-,18+,23-/m1/s1. The average Bonchev–Trinajstić information content (AvgIpc) is 2.84. The van der Waals surface area contributed by atoms with Crippen molar-refractivity contribution in [1.29, 1.82) is 5.26 Å². The highest BCUT2D eigenvalue weighted by Gasteiger charge is 2.38. The summed E-state index contributed by atoms with van der Waals surface area (Å²) in [6, 6.07) is 13.4. The van der Waals surface area contributed by atoms with Crippen molar-refractivity contribution < 1.29 is 23.1 Å². The van der Waals surface area contributed by atoms with Gasteiger partial charge in [-0.25, -0.2) is 8.42 Å². The summed E-state index contributed by atoms with van der Waals surface area (Å²) < 4.78 is 34.8. The van der Waals surface area contributed by atoms with Gasteiger partial charge in [0.2, 0.25) is 15.9 Å². The number of aliphatic hydroxyl groups excluding tert-OH is 1. The van der Waals surface area contributed by atoms with E-state index >= 15 is 0 Å². The van der Waals surface area contributed by atoms with E-state index in [1.54, 1.807) is 62.2 Å². The minimum Gasteiger partial charge on any atom is -0.487 e. The molecule has 0 aromatic heterocycles. The molecule has 1 aliphatic heterocycles. The fourth-order valence-corrected chi connectivity index (χ4v) is 5.83. The molecule has 1 heterocycles. The molecule has 1 aliphatic rings. The van der Waals surface area contributed by atoms with Crippen molar-refractivity contribution in [2.24, 2.45) is 5.92 Å². The largest absolute Gasteiger partial charge is 0.487 e. The molecule has 34 heavy (non-hydrogen) atoms. The normalized spacial score (nSPS) is 20.7. The van der Waals surface area contributed by atoms with E-state index in [9.17, 15) is 18.3 Å². The van der Waals surface area contributed by atoms with Crippen molar-refractivity contribution in [1.82, 2.24) is 9.21 Å². The van der Waals surface area contributed by atoms with Crippen LogP contribution in [0.15, 0.2) is 47.4 Å². The summed E-state index contributed by atoms with van der Waals surface area (Å²) in [5, 5.41) is 18.8. The Labute approximate surface area is 201 Å². The van der Waals surface area contributed by atoms with E-state index in [1.807, 2.05) is 6.92 Å². The molecule has 2 aromatic rings. The smallest absolute Gasteiger partial charge is 0.247 e. The van der Waals surface area contributed by atoms with E-state index in [-0.39, 0.29) is 35.6 Å². The third-order valence-electron chi connectivity index (χ3n) is 6.20. The zero-order valence-electron chi connectivity index (χ0n) is 19.9. The molecule has 9 heteroatoms. The fraction of sp³-hybridized carbons (Fsp3) is 0.440. The van der Waals surface area contributed by atoms with Crippen LogP contribution in [0.1, 0.15) is 32.8 Å². The molecule has 0 bridgehead atoms. The number of carbonyl (C=O) groups excluding carboxylic acids is 1. The monoisotopic (exact) mass is 485 g/mol. The number of amides is 1. The Balaban J connectivity index is 2.11. The molecular formula is C25H31N3O5S. The molecule has 0 radical (unpaired) electrons. The third-order valence-corrected chi connectivity index (χ3v) is 8.22. The molecule has 0 saturated carbocycles. The van der Waals surface area contributed by atoms with Gasteiger partial charge in [-0.3, -0.25) is 4.79 Å². The van der Waals surface area contributed by atoms with Gasteiger partial charge in [0.05, 0.1) is 24.8 Å². The van der Waals surface area contributed by atoms with Gasteiger partial charge in [-0.15, -0.1) is 0 Å². The van der Waals surface area contributed by atoms with Crippen LogP contribution < -0.4 is 4.74 Å². The minimum absolute atomic E-state index is 0.0200. The molecule has 0 fully saturated rings. The highest BCUT2D eigenvalue weighted by Crippen LogP contribution is 2.36. The molecule has 182 valence electrons. The number of fused-ring (bicyclic) bond motifs is 1. The summed E-state index contributed by atoms with van der Waals surface area (Å²) in [7, 11) is -2.24. The van der Waals surface area contributed by atoms with Gasteiger partial charge in [-0.2, -0.15) is 9.57 Å². The first-order valence-electron chi connectivity index (χ1n) is 11.3. The van der Waals surface area contributed by atoms with E-state index in [4.69, 9.17) is 10.00 Å². The zero-order valence-corrected chi connectivity index (χ0v) is 20.7. The van der Waals surface area contributed by atoms with Crippen LogP contribution >= 0.6 is 0 Å². The predicted octanol–water partition coefficient (Wildman–Crippen LogP) is 2.86. The highest BCUT2D eigenvalue weighted by molar-refractivity contribution is 7.89. The summed E-state index contributed by atoms with van der Waals surface area (Å²) in [4.78, 5) is 13.8. The summed E-state index contributed by atoms with van der Waals surface area (Å²) in [5.74, 6) is -0.0777. The molecule has 0 saturated heterocycles. The van der Waals surface area contributed by atoms with Crippen molar-refractivity contribution in [2.45, 2.75) is 44.2 Å². The number of carbonyl (C=O) groups is 1. The van der Waals surface area contributed by atoms with Crippen LogP contribution in [-0.2, 0) is 14.8 Å². The number of hydrogen-bond donors (Lipinski definition) is 1. The minimum atomic E-state index is -3.94. The van der Waals surface area contributed by atoms with Crippen LogP contribution in [0.4, 0.5) is 0 Å². The highest BCUT2D eigenvalue weighted by atomic mass is 32.2. The van der Waals surface area contributed by atoms with Gasteiger partial charge in [0.25, 0.3) is 0 Å². The Morgan fingerprint density at radius 1 is 1.26 bits per heavy atom. The Kier molecular flexibility index (Phi) is 7.97. The maximum absolute atomic E-state index is 13.6. The number of likely N-dealkylation sites (N-methyl/N-ethyl adjacent to an activating group) is 1. The van der Waals surface area contributed by atoms with Crippen molar-refractivity contribution >= 4 is 15.9 Å². The SMILES string of the molecule is CCC(=O)N(C)C[C@H]1Oc2cc(-c3ccc(C#N)cc3)ccc2S(=O)(=O)N([C@@H](C)CO)C[C@H]1C. The number of rotatable bonds is 6. The predicted molar refractivity (Wildman–Crippen MR) is 129 cm³/mol. The van der Waals surface area contributed by atoms with E-state index in [2.05, 4.69) is 6.07 Å². The number of aliphatic hydroxyl groups is 1. The summed E-state index contributed by atoms with van der Waals surface area (Å²) in [6.07, 6.45) is -0.0987. The van der Waals surface area contributed by atoms with Gasteiger partial charge in [-0.05, 0) is 42.3 Å². The number of ether oxygens (including phenoxy) is 1. The van der Waals surface area contributed by atoms with E-state index in [0.29, 0.717) is 18.5 Å². The molecule has 0 aliphatic carbocycles. The topological polar surface area (TPSA) is 111 Å². The molecule has 1 N–H and O–H groups in total. The zero-order chi connectivity index (χ0) is 25.0. The molecule has 3 atom stereocenters. The van der Waals surface area contributed by atoms with Crippen LogP contribution in [0.5, 0.6) is 5.75 Å². The second kappa shape index (κ2) is 10.6. The summed E-state index contributed by atoms with van der Waals surface area (Å²) in [6.45, 7) is 5.48. The van der Waals surface area contributed by atoms with Crippen LogP contribution in [-0.4, -0.2) is 67.5 Å². The maximum atomic E-state index is 13.6. The molecule has 3 rings (SSSR count). The lowest BCUT2D eigenvalue weighted by Crippen LogP contribution is -2.50. The fourth-order valence-electron chi connectivity index (χ4n) is 4.00. The maximum Gasteiger partial charge on any atom is 0.247 e. The number of nitrogens with zero attached hydrogens (tertiary/aromatic N) is 3. The van der Waals surface area contributed by atoms with Crippen molar-refractivity contribution in [3.8, 4) is 22.9 Å². The van der Waals surface area contributed by atoms with E-state index in [0.717, 1.165) is 11.1 Å². The van der Waals surface area contributed by atoms with Crippen molar-refractivity contribution in [3.63, 3.8) is 0 Å². The first kappa shape index (κ1) is 25.7. The lowest BCUT2D eigenvalue weighted by Gasteiger charge is -2.37. The second-order valence-corrected chi connectivity index (χ2v) is 10.6. The number of sulfonamides is 1.